The number of aromatic nitrogens is 1. The summed E-state index contributed by atoms with van der Waals surface area (Å²) in [6, 6.07) is 5.36. The molecule has 2 heterocycles. The molecule has 17 heavy (non-hydrogen) atoms. The highest BCUT2D eigenvalue weighted by Gasteiger charge is 2.28. The monoisotopic (exact) mass is 233 g/mol. The van der Waals surface area contributed by atoms with Crippen LogP contribution in [0.3, 0.4) is 0 Å². The van der Waals surface area contributed by atoms with Crippen LogP contribution < -0.4 is 10.2 Å². The molecular weight excluding hydrogens is 210 g/mol. The molecule has 1 aromatic rings. The third-order valence-electron chi connectivity index (χ3n) is 3.70. The van der Waals surface area contributed by atoms with Gasteiger partial charge >= 0.3 is 0 Å². The summed E-state index contributed by atoms with van der Waals surface area (Å²) in [4.78, 5) is 6.74. The summed E-state index contributed by atoms with van der Waals surface area (Å²) in [5.74, 6) is 0.673. The zero-order valence-electron chi connectivity index (χ0n) is 11.1. The Hall–Kier alpha value is -1.09. The van der Waals surface area contributed by atoms with Crippen LogP contribution in [0.1, 0.15) is 27.2 Å². The van der Waals surface area contributed by atoms with Crippen LogP contribution in [0.4, 0.5) is 5.69 Å². The van der Waals surface area contributed by atoms with Crippen LogP contribution in [0.2, 0.25) is 0 Å². The van der Waals surface area contributed by atoms with Gasteiger partial charge in [-0.3, -0.25) is 4.98 Å². The third kappa shape index (κ3) is 2.78. The van der Waals surface area contributed by atoms with Gasteiger partial charge in [0.2, 0.25) is 0 Å². The Morgan fingerprint density at radius 2 is 2.35 bits per heavy atom. The van der Waals surface area contributed by atoms with Crippen molar-refractivity contribution in [2.24, 2.45) is 5.92 Å². The molecule has 0 bridgehead atoms. The zero-order chi connectivity index (χ0) is 12.3. The minimum atomic E-state index is 0.581. The molecule has 2 rings (SSSR count). The molecule has 0 amide bonds. The molecule has 1 N–H and O–H groups in total. The fourth-order valence-corrected chi connectivity index (χ4v) is 2.47. The third-order valence-corrected chi connectivity index (χ3v) is 3.70. The molecule has 3 heteroatoms. The fourth-order valence-electron chi connectivity index (χ4n) is 2.47. The van der Waals surface area contributed by atoms with Gasteiger partial charge in [-0.1, -0.05) is 20.8 Å². The van der Waals surface area contributed by atoms with Gasteiger partial charge in [0.05, 0.1) is 11.9 Å². The number of nitrogens with zero attached hydrogens (tertiary/aromatic N) is 2. The Morgan fingerprint density at radius 1 is 1.53 bits per heavy atom. The minimum absolute atomic E-state index is 0.581. The molecule has 0 aliphatic carbocycles. The highest BCUT2D eigenvalue weighted by atomic mass is 15.2. The van der Waals surface area contributed by atoms with Crippen molar-refractivity contribution >= 4 is 5.69 Å². The quantitative estimate of drug-likeness (QED) is 0.868. The summed E-state index contributed by atoms with van der Waals surface area (Å²) in [5.41, 5.74) is 1.26. The van der Waals surface area contributed by atoms with Crippen LogP contribution in [0.25, 0.3) is 0 Å². The average Bonchev–Trinajstić information content (AvgIpc) is 2.39. The van der Waals surface area contributed by atoms with Crippen LogP contribution in [-0.4, -0.2) is 30.2 Å². The summed E-state index contributed by atoms with van der Waals surface area (Å²) in [5, 5.41) is 3.66. The van der Waals surface area contributed by atoms with Crippen molar-refractivity contribution in [3.63, 3.8) is 0 Å². The fraction of sp³-hybridized carbons (Fsp3) is 0.643. The number of piperazine rings is 1. The molecule has 0 spiro atoms. The van der Waals surface area contributed by atoms with Crippen LogP contribution in [0.5, 0.6) is 0 Å². The Bertz CT molecular complexity index is 337. The Labute approximate surface area is 104 Å². The number of anilines is 1. The van der Waals surface area contributed by atoms with E-state index in [1.165, 1.54) is 12.1 Å². The molecule has 1 fully saturated rings. The van der Waals surface area contributed by atoms with Crippen LogP contribution in [0.15, 0.2) is 24.5 Å². The second kappa shape index (κ2) is 5.50. The number of hydrogen-bond acceptors (Lipinski definition) is 3. The van der Waals surface area contributed by atoms with E-state index in [9.17, 15) is 0 Å². The zero-order valence-corrected chi connectivity index (χ0v) is 11.1. The molecule has 0 aromatic carbocycles. The predicted molar refractivity (Wildman–Crippen MR) is 72.3 cm³/mol. The number of nitrogens with one attached hydrogen (secondary N) is 1. The highest BCUT2D eigenvalue weighted by Crippen LogP contribution is 2.22. The maximum absolute atomic E-state index is 4.24. The minimum Gasteiger partial charge on any atom is -0.364 e. The van der Waals surface area contributed by atoms with Gasteiger partial charge in [-0.05, 0) is 24.5 Å². The molecule has 3 nitrogen and oxygen atoms in total. The first-order chi connectivity index (χ1) is 8.22. The van der Waals surface area contributed by atoms with E-state index < -0.39 is 0 Å². The average molecular weight is 233 g/mol. The lowest BCUT2D eigenvalue weighted by Gasteiger charge is -2.43. The summed E-state index contributed by atoms with van der Waals surface area (Å²) >= 11 is 0. The van der Waals surface area contributed by atoms with Crippen LogP contribution in [0, 0.1) is 5.92 Å². The van der Waals surface area contributed by atoms with Crippen molar-refractivity contribution in [3.05, 3.63) is 24.5 Å². The topological polar surface area (TPSA) is 28.2 Å². The van der Waals surface area contributed by atoms with Gasteiger partial charge in [0, 0.05) is 31.4 Å². The molecule has 1 aliphatic rings. The lowest BCUT2D eigenvalue weighted by Crippen LogP contribution is -2.58. The van der Waals surface area contributed by atoms with E-state index in [0.717, 1.165) is 13.1 Å². The summed E-state index contributed by atoms with van der Waals surface area (Å²) in [6.45, 7) is 8.98. The largest absolute Gasteiger partial charge is 0.364 e. The molecule has 1 saturated heterocycles. The lowest BCUT2D eigenvalue weighted by molar-refractivity contribution is 0.325. The number of rotatable bonds is 3. The van der Waals surface area contributed by atoms with Crippen molar-refractivity contribution in [3.8, 4) is 0 Å². The number of pyridine rings is 1. The highest BCUT2D eigenvalue weighted by molar-refractivity contribution is 5.45. The SMILES string of the molecule is CCC1CNC(C(C)C)CN1c1cccnc1. The van der Waals surface area contributed by atoms with E-state index in [2.05, 4.69) is 42.0 Å². The van der Waals surface area contributed by atoms with Crippen molar-refractivity contribution in [2.45, 2.75) is 39.3 Å². The maximum Gasteiger partial charge on any atom is 0.0556 e. The number of hydrogen-bond donors (Lipinski definition) is 1. The Balaban J connectivity index is 2.16. The molecule has 2 atom stereocenters. The van der Waals surface area contributed by atoms with Gasteiger partial charge < -0.3 is 10.2 Å². The molecule has 1 aliphatic heterocycles. The predicted octanol–water partition coefficient (Wildman–Crippen LogP) is 2.29. The Kier molecular flexibility index (Phi) is 4.00. The van der Waals surface area contributed by atoms with Crippen LogP contribution in [-0.2, 0) is 0 Å². The molecule has 2 unspecified atom stereocenters. The van der Waals surface area contributed by atoms with Crippen molar-refractivity contribution in [1.29, 1.82) is 0 Å². The van der Waals surface area contributed by atoms with Gasteiger partial charge in [-0.15, -0.1) is 0 Å². The first-order valence-corrected chi connectivity index (χ1v) is 6.62. The summed E-state index contributed by atoms with van der Waals surface area (Å²) in [7, 11) is 0. The van der Waals surface area contributed by atoms with Gasteiger partial charge in [0.1, 0.15) is 0 Å². The summed E-state index contributed by atoms with van der Waals surface area (Å²) < 4.78 is 0. The smallest absolute Gasteiger partial charge is 0.0556 e. The van der Waals surface area contributed by atoms with E-state index in [4.69, 9.17) is 0 Å². The molecule has 94 valence electrons. The van der Waals surface area contributed by atoms with E-state index in [-0.39, 0.29) is 0 Å². The summed E-state index contributed by atoms with van der Waals surface area (Å²) in [6.07, 6.45) is 4.99. The first-order valence-electron chi connectivity index (χ1n) is 6.62. The van der Waals surface area contributed by atoms with Crippen molar-refractivity contribution in [2.75, 3.05) is 18.0 Å². The normalized spacial score (nSPS) is 25.3. The van der Waals surface area contributed by atoms with Gasteiger partial charge in [-0.25, -0.2) is 0 Å². The second-order valence-corrected chi connectivity index (χ2v) is 5.18. The van der Waals surface area contributed by atoms with Crippen molar-refractivity contribution in [1.82, 2.24) is 10.3 Å². The van der Waals surface area contributed by atoms with E-state index >= 15 is 0 Å². The van der Waals surface area contributed by atoms with E-state index in [0.29, 0.717) is 18.0 Å². The van der Waals surface area contributed by atoms with Crippen molar-refractivity contribution < 1.29 is 0 Å². The lowest BCUT2D eigenvalue weighted by atomic mass is 9.98. The first kappa shape index (κ1) is 12.4. The van der Waals surface area contributed by atoms with Gasteiger partial charge in [0.15, 0.2) is 0 Å². The Morgan fingerprint density at radius 3 is 2.94 bits per heavy atom. The van der Waals surface area contributed by atoms with E-state index in [1.54, 1.807) is 0 Å². The molecular formula is C14H23N3. The maximum atomic E-state index is 4.24. The molecule has 1 aromatic heterocycles. The molecule has 0 radical (unpaired) electrons. The van der Waals surface area contributed by atoms with Gasteiger partial charge in [-0.2, -0.15) is 0 Å². The standard InChI is InChI=1S/C14H23N3/c1-4-12-9-16-14(11(2)3)10-17(12)13-6-5-7-15-8-13/h5-8,11-12,14,16H,4,9-10H2,1-3H3. The molecule has 0 saturated carbocycles. The van der Waals surface area contributed by atoms with Crippen LogP contribution >= 0.6 is 0 Å². The van der Waals surface area contributed by atoms with Gasteiger partial charge in [0.25, 0.3) is 0 Å². The van der Waals surface area contributed by atoms with E-state index in [1.807, 2.05) is 18.5 Å². The second-order valence-electron chi connectivity index (χ2n) is 5.18.